The molecule has 0 heterocycles. The van der Waals surface area contributed by atoms with Gasteiger partial charge in [-0.15, -0.1) is 10.2 Å². The summed E-state index contributed by atoms with van der Waals surface area (Å²) in [6.45, 7) is 2.24. The van der Waals surface area contributed by atoms with E-state index in [0.717, 1.165) is 19.3 Å². The Labute approximate surface area is 173 Å². The van der Waals surface area contributed by atoms with Gasteiger partial charge in [-0.3, -0.25) is 4.79 Å². The van der Waals surface area contributed by atoms with Crippen LogP contribution in [0.15, 0.2) is 40.6 Å². The smallest absolute Gasteiger partial charge is 0.264 e. The van der Waals surface area contributed by atoms with Gasteiger partial charge in [0.15, 0.2) is 5.75 Å². The van der Waals surface area contributed by atoms with Crippen LogP contribution in [0.25, 0.3) is 10.8 Å². The van der Waals surface area contributed by atoms with Crippen molar-refractivity contribution in [1.29, 1.82) is 0 Å². The average Bonchev–Trinajstić information content (AvgIpc) is 2.73. The molecule has 5 nitrogen and oxygen atoms in total. The molecular formula is C24H34N2O3. The van der Waals surface area contributed by atoms with Crippen LogP contribution >= 0.6 is 0 Å². The molecule has 2 rings (SSSR count). The number of benzene rings is 2. The molecule has 2 N–H and O–H groups in total. The second-order valence-corrected chi connectivity index (χ2v) is 7.69. The number of phenols is 2. The number of aromatic hydroxyl groups is 2. The molecule has 2 aromatic carbocycles. The fourth-order valence-corrected chi connectivity index (χ4v) is 3.50. The van der Waals surface area contributed by atoms with Crippen molar-refractivity contribution in [1.82, 2.24) is 0 Å². The Kier molecular flexibility index (Phi) is 10.2. The molecule has 0 spiro atoms. The van der Waals surface area contributed by atoms with Crippen LogP contribution in [0.1, 0.15) is 84.0 Å². The predicted octanol–water partition coefficient (Wildman–Crippen LogP) is 7.56. The third-order valence-electron chi connectivity index (χ3n) is 5.24. The van der Waals surface area contributed by atoms with Gasteiger partial charge in [0.2, 0.25) is 0 Å². The maximum atomic E-state index is 11.9. The second-order valence-electron chi connectivity index (χ2n) is 7.69. The van der Waals surface area contributed by atoms with Gasteiger partial charge in [-0.1, -0.05) is 95.4 Å². The lowest BCUT2D eigenvalue weighted by atomic mass is 10.1. The van der Waals surface area contributed by atoms with Crippen molar-refractivity contribution in [2.24, 2.45) is 10.2 Å². The molecule has 29 heavy (non-hydrogen) atoms. The number of hydrogen-bond donors (Lipinski definition) is 2. The lowest BCUT2D eigenvalue weighted by molar-refractivity contribution is -0.118. The van der Waals surface area contributed by atoms with E-state index in [1.54, 1.807) is 24.3 Å². The minimum Gasteiger partial charge on any atom is -0.507 e. The number of azo groups is 1. The molecule has 0 atom stereocenters. The number of hydrogen-bond acceptors (Lipinski definition) is 4. The van der Waals surface area contributed by atoms with Gasteiger partial charge in [0.25, 0.3) is 5.91 Å². The molecule has 0 unspecified atom stereocenters. The van der Waals surface area contributed by atoms with Gasteiger partial charge in [0.1, 0.15) is 11.4 Å². The van der Waals surface area contributed by atoms with Crippen molar-refractivity contribution < 1.29 is 15.0 Å². The zero-order valence-corrected chi connectivity index (χ0v) is 17.6. The van der Waals surface area contributed by atoms with Crippen LogP contribution in [0.4, 0.5) is 5.69 Å². The number of carbonyl (C=O) groups is 1. The summed E-state index contributed by atoms with van der Waals surface area (Å²) < 4.78 is 0. The average molecular weight is 399 g/mol. The molecule has 0 aliphatic heterocycles. The predicted molar refractivity (Wildman–Crippen MR) is 118 cm³/mol. The van der Waals surface area contributed by atoms with Gasteiger partial charge in [-0.2, -0.15) is 0 Å². The van der Waals surface area contributed by atoms with E-state index in [9.17, 15) is 15.0 Å². The van der Waals surface area contributed by atoms with Crippen LogP contribution in [0, 0.1) is 0 Å². The number of carbonyl (C=O) groups excluding carboxylic acids is 1. The molecule has 1 amide bonds. The highest BCUT2D eigenvalue weighted by Crippen LogP contribution is 2.40. The summed E-state index contributed by atoms with van der Waals surface area (Å²) in [7, 11) is 0. The van der Waals surface area contributed by atoms with Gasteiger partial charge in [0.05, 0.1) is 0 Å². The van der Waals surface area contributed by atoms with E-state index >= 15 is 0 Å². The Morgan fingerprint density at radius 1 is 0.828 bits per heavy atom. The van der Waals surface area contributed by atoms with Crippen molar-refractivity contribution in [2.45, 2.75) is 84.0 Å². The van der Waals surface area contributed by atoms with E-state index in [0.29, 0.717) is 17.2 Å². The highest BCUT2D eigenvalue weighted by molar-refractivity contribution is 5.96. The number of unbranched alkanes of at least 4 members (excludes halogenated alkanes) is 10. The first-order valence-corrected chi connectivity index (χ1v) is 11.0. The van der Waals surface area contributed by atoms with E-state index in [2.05, 4.69) is 17.2 Å². The number of amides is 1. The molecule has 0 saturated heterocycles. The molecule has 0 fully saturated rings. The van der Waals surface area contributed by atoms with Gasteiger partial charge >= 0.3 is 0 Å². The maximum Gasteiger partial charge on any atom is 0.264 e. The van der Waals surface area contributed by atoms with Crippen LogP contribution in [-0.2, 0) is 4.79 Å². The zero-order chi connectivity index (χ0) is 20.9. The molecule has 0 aromatic heterocycles. The lowest BCUT2D eigenvalue weighted by Gasteiger charge is -2.05. The summed E-state index contributed by atoms with van der Waals surface area (Å²) in [5.74, 6) is -0.372. The Hall–Kier alpha value is -2.43. The first-order valence-electron chi connectivity index (χ1n) is 11.0. The van der Waals surface area contributed by atoms with Crippen molar-refractivity contribution in [3.05, 3.63) is 30.3 Å². The van der Waals surface area contributed by atoms with Crippen molar-refractivity contribution in [3.8, 4) is 11.5 Å². The quantitative estimate of drug-likeness (QED) is 0.207. The van der Waals surface area contributed by atoms with Gasteiger partial charge < -0.3 is 10.2 Å². The molecule has 2 aromatic rings. The van der Waals surface area contributed by atoms with E-state index < -0.39 is 0 Å². The zero-order valence-electron chi connectivity index (χ0n) is 17.6. The summed E-state index contributed by atoms with van der Waals surface area (Å²) in [4.78, 5) is 11.9. The SMILES string of the molecule is CCCCCCCCCCCCCC(=O)N=Nc1cc(O)c2ccccc2c1O. The summed E-state index contributed by atoms with van der Waals surface area (Å²) >= 11 is 0. The van der Waals surface area contributed by atoms with Crippen molar-refractivity contribution in [3.63, 3.8) is 0 Å². The summed E-state index contributed by atoms with van der Waals surface area (Å²) in [5, 5.41) is 28.9. The third kappa shape index (κ3) is 7.84. The number of phenolic OH excluding ortho intramolecular Hbond substituents is 2. The Bertz CT molecular complexity index is 802. The Morgan fingerprint density at radius 2 is 1.38 bits per heavy atom. The maximum absolute atomic E-state index is 11.9. The molecule has 158 valence electrons. The third-order valence-corrected chi connectivity index (χ3v) is 5.24. The normalized spacial score (nSPS) is 11.5. The summed E-state index contributed by atoms with van der Waals surface area (Å²) in [6.07, 6.45) is 13.9. The second kappa shape index (κ2) is 12.9. The summed E-state index contributed by atoms with van der Waals surface area (Å²) in [6, 6.07) is 8.27. The highest BCUT2D eigenvalue weighted by atomic mass is 16.3. The van der Waals surface area contributed by atoms with Crippen LogP contribution in [-0.4, -0.2) is 16.1 Å². The van der Waals surface area contributed by atoms with E-state index in [1.807, 2.05) is 0 Å². The first-order chi connectivity index (χ1) is 14.1. The number of nitrogens with zero attached hydrogens (tertiary/aromatic N) is 2. The van der Waals surface area contributed by atoms with E-state index in [1.165, 1.54) is 57.4 Å². The van der Waals surface area contributed by atoms with Gasteiger partial charge in [-0.25, -0.2) is 0 Å². The lowest BCUT2D eigenvalue weighted by Crippen LogP contribution is -1.92. The monoisotopic (exact) mass is 398 g/mol. The molecule has 5 heteroatoms. The minimum absolute atomic E-state index is 0.00478. The fourth-order valence-electron chi connectivity index (χ4n) is 3.50. The van der Waals surface area contributed by atoms with Crippen LogP contribution < -0.4 is 0 Å². The molecule has 0 aliphatic carbocycles. The van der Waals surface area contributed by atoms with Crippen molar-refractivity contribution in [2.75, 3.05) is 0 Å². The van der Waals surface area contributed by atoms with Crippen LogP contribution in [0.2, 0.25) is 0 Å². The van der Waals surface area contributed by atoms with Crippen molar-refractivity contribution >= 4 is 22.4 Å². The standard InChI is InChI=1S/C24H34N2O3/c1-2-3-4-5-6-7-8-9-10-11-12-17-23(28)26-25-21-18-22(27)19-15-13-14-16-20(19)24(21)29/h13-16,18,27,29H,2-12,17H2,1H3. The summed E-state index contributed by atoms with van der Waals surface area (Å²) in [5.41, 5.74) is 0.105. The largest absolute Gasteiger partial charge is 0.507 e. The molecule has 0 bridgehead atoms. The molecular weight excluding hydrogens is 364 g/mol. The topological polar surface area (TPSA) is 82.2 Å². The molecule has 0 saturated carbocycles. The Balaban J connectivity index is 1.65. The number of rotatable bonds is 13. The van der Waals surface area contributed by atoms with Crippen LogP contribution in [0.5, 0.6) is 11.5 Å². The first kappa shape index (κ1) is 22.9. The van der Waals surface area contributed by atoms with Gasteiger partial charge in [-0.05, 0) is 6.42 Å². The van der Waals surface area contributed by atoms with E-state index in [4.69, 9.17) is 0 Å². The van der Waals surface area contributed by atoms with Crippen LogP contribution in [0.3, 0.4) is 0 Å². The minimum atomic E-state index is -0.298. The fraction of sp³-hybridized carbons (Fsp3) is 0.542. The molecule has 0 aliphatic rings. The van der Waals surface area contributed by atoms with E-state index in [-0.39, 0.29) is 23.1 Å². The molecule has 0 radical (unpaired) electrons. The highest BCUT2D eigenvalue weighted by Gasteiger charge is 2.10. The Morgan fingerprint density at radius 3 is 2.00 bits per heavy atom. The number of fused-ring (bicyclic) bond motifs is 1. The van der Waals surface area contributed by atoms with Gasteiger partial charge in [0, 0.05) is 23.3 Å².